The third-order valence-corrected chi connectivity index (χ3v) is 6.10. The van der Waals surface area contributed by atoms with E-state index in [9.17, 15) is 4.79 Å². The number of ether oxygens (including phenoxy) is 1. The molecule has 0 amide bonds. The number of pyridine rings is 1. The van der Waals surface area contributed by atoms with Crippen molar-refractivity contribution in [3.05, 3.63) is 101 Å². The summed E-state index contributed by atoms with van der Waals surface area (Å²) >= 11 is 1.52. The highest BCUT2D eigenvalue weighted by molar-refractivity contribution is 7.98. The van der Waals surface area contributed by atoms with Crippen LogP contribution in [0.25, 0.3) is 16.6 Å². The Labute approximate surface area is 183 Å². The fraction of sp³-hybridized carbons (Fsp3) is 0.125. The van der Waals surface area contributed by atoms with Crippen molar-refractivity contribution in [3.8, 4) is 5.75 Å². The molecule has 0 fully saturated rings. The first-order valence-corrected chi connectivity index (χ1v) is 10.9. The summed E-state index contributed by atoms with van der Waals surface area (Å²) in [5, 5.41) is 1.30. The van der Waals surface area contributed by atoms with Crippen LogP contribution in [0.3, 0.4) is 0 Å². The van der Waals surface area contributed by atoms with Gasteiger partial charge in [-0.25, -0.2) is 9.97 Å². The quantitative estimate of drug-likeness (QED) is 0.296. The average molecular weight is 429 g/mol. The van der Waals surface area contributed by atoms with Crippen LogP contribution >= 0.6 is 11.8 Å². The fourth-order valence-electron chi connectivity index (χ4n) is 3.51. The molecule has 0 radical (unpaired) electrons. The van der Waals surface area contributed by atoms with E-state index >= 15 is 0 Å². The zero-order valence-corrected chi connectivity index (χ0v) is 17.7. The summed E-state index contributed by atoms with van der Waals surface area (Å²) in [4.78, 5) is 22.8. The maximum absolute atomic E-state index is 13.3. The van der Waals surface area contributed by atoms with Crippen molar-refractivity contribution in [3.63, 3.8) is 0 Å². The lowest BCUT2D eigenvalue weighted by Crippen LogP contribution is -2.24. The summed E-state index contributed by atoms with van der Waals surface area (Å²) < 4.78 is 8.98. The van der Waals surface area contributed by atoms with E-state index in [2.05, 4.69) is 4.98 Å². The number of benzene rings is 2. The van der Waals surface area contributed by atoms with Crippen LogP contribution in [-0.4, -0.2) is 26.0 Å². The smallest absolute Gasteiger partial charge is 0.262 e. The Bertz CT molecular complexity index is 1390. The van der Waals surface area contributed by atoms with Crippen molar-refractivity contribution in [1.82, 2.24) is 18.9 Å². The van der Waals surface area contributed by atoms with Crippen LogP contribution in [0.15, 0.2) is 89.1 Å². The highest BCUT2D eigenvalue weighted by Crippen LogP contribution is 2.23. The van der Waals surface area contributed by atoms with Crippen molar-refractivity contribution >= 4 is 28.3 Å². The molecule has 0 unspecified atom stereocenters. The molecule has 3 heterocycles. The Balaban J connectivity index is 1.51. The molecular formula is C24H20N4O2S. The molecule has 0 aliphatic heterocycles. The highest BCUT2D eigenvalue weighted by atomic mass is 32.2. The van der Waals surface area contributed by atoms with E-state index in [0.717, 1.165) is 22.7 Å². The van der Waals surface area contributed by atoms with E-state index in [1.54, 1.807) is 11.7 Å². The van der Waals surface area contributed by atoms with Gasteiger partial charge < -0.3 is 9.14 Å². The van der Waals surface area contributed by atoms with Crippen molar-refractivity contribution < 1.29 is 4.74 Å². The monoisotopic (exact) mass is 428 g/mol. The standard InChI is InChI=1S/C24H20N4O2S/c1-30-19-11-9-17(10-12-19)14-28-23(29)20-6-2-3-7-21(20)26-24(28)31-16-18-15-27-13-5-4-8-22(27)25-18/h2-13,15H,14,16H2,1H3. The first-order valence-electron chi connectivity index (χ1n) is 9.89. The lowest BCUT2D eigenvalue weighted by Gasteiger charge is -2.13. The molecule has 2 aromatic carbocycles. The molecule has 0 atom stereocenters. The number of hydrogen-bond acceptors (Lipinski definition) is 5. The predicted molar refractivity (Wildman–Crippen MR) is 123 cm³/mol. The van der Waals surface area contributed by atoms with Crippen molar-refractivity contribution in [1.29, 1.82) is 0 Å². The average Bonchev–Trinajstić information content (AvgIpc) is 3.23. The molecule has 3 aromatic heterocycles. The van der Waals surface area contributed by atoms with Crippen LogP contribution in [0.5, 0.6) is 5.75 Å². The van der Waals surface area contributed by atoms with Gasteiger partial charge >= 0.3 is 0 Å². The van der Waals surface area contributed by atoms with Gasteiger partial charge in [-0.15, -0.1) is 0 Å². The second-order valence-electron chi connectivity index (χ2n) is 7.14. The van der Waals surface area contributed by atoms with Crippen molar-refractivity contribution in [2.75, 3.05) is 7.11 Å². The van der Waals surface area contributed by atoms with Crippen LogP contribution in [0, 0.1) is 0 Å². The Hall–Kier alpha value is -3.58. The zero-order chi connectivity index (χ0) is 21.2. The first kappa shape index (κ1) is 19.4. The number of imidazole rings is 1. The number of methoxy groups -OCH3 is 1. The largest absolute Gasteiger partial charge is 0.497 e. The molecule has 154 valence electrons. The summed E-state index contributed by atoms with van der Waals surface area (Å²) in [6, 6.07) is 21.1. The number of rotatable bonds is 6. The van der Waals surface area contributed by atoms with Gasteiger partial charge in [0.25, 0.3) is 5.56 Å². The molecule has 5 aromatic rings. The third kappa shape index (κ3) is 3.92. The lowest BCUT2D eigenvalue weighted by atomic mass is 10.2. The minimum Gasteiger partial charge on any atom is -0.497 e. The number of para-hydroxylation sites is 1. The van der Waals surface area contributed by atoms with Crippen molar-refractivity contribution in [2.45, 2.75) is 17.5 Å². The van der Waals surface area contributed by atoms with Gasteiger partial charge in [0.05, 0.1) is 30.3 Å². The third-order valence-electron chi connectivity index (χ3n) is 5.09. The van der Waals surface area contributed by atoms with E-state index in [1.165, 1.54) is 11.8 Å². The maximum Gasteiger partial charge on any atom is 0.262 e. The number of nitrogens with zero attached hydrogens (tertiary/aromatic N) is 4. The number of aromatic nitrogens is 4. The second-order valence-corrected chi connectivity index (χ2v) is 8.08. The zero-order valence-electron chi connectivity index (χ0n) is 16.9. The molecule has 0 N–H and O–H groups in total. The topological polar surface area (TPSA) is 61.4 Å². The molecule has 0 saturated carbocycles. The Morgan fingerprint density at radius 3 is 2.58 bits per heavy atom. The normalized spacial score (nSPS) is 11.3. The predicted octanol–water partition coefficient (Wildman–Crippen LogP) is 4.39. The van der Waals surface area contributed by atoms with E-state index in [1.807, 2.05) is 83.5 Å². The molecule has 0 saturated heterocycles. The van der Waals surface area contributed by atoms with Crippen molar-refractivity contribution in [2.24, 2.45) is 0 Å². The summed E-state index contributed by atoms with van der Waals surface area (Å²) in [6.07, 6.45) is 3.99. The molecule has 0 aliphatic carbocycles. The highest BCUT2D eigenvalue weighted by Gasteiger charge is 2.13. The van der Waals surface area contributed by atoms with E-state index < -0.39 is 0 Å². The van der Waals surface area contributed by atoms with Gasteiger partial charge in [0, 0.05) is 18.1 Å². The minimum absolute atomic E-state index is 0.0427. The molecule has 0 aliphatic rings. The molecule has 0 spiro atoms. The van der Waals surface area contributed by atoms with Crippen LogP contribution < -0.4 is 10.3 Å². The summed E-state index contributed by atoms with van der Waals surface area (Å²) in [7, 11) is 1.64. The molecule has 7 heteroatoms. The molecule has 31 heavy (non-hydrogen) atoms. The Kier molecular flexibility index (Phi) is 5.18. The maximum atomic E-state index is 13.3. The van der Waals surface area contributed by atoms with Gasteiger partial charge in [0.2, 0.25) is 0 Å². The van der Waals surface area contributed by atoms with Gasteiger partial charge in [-0.2, -0.15) is 0 Å². The van der Waals surface area contributed by atoms with Gasteiger partial charge in [-0.05, 0) is 42.0 Å². The summed E-state index contributed by atoms with van der Waals surface area (Å²) in [5.41, 5.74) is 3.51. The van der Waals surface area contributed by atoms with Gasteiger partial charge in [-0.3, -0.25) is 9.36 Å². The van der Waals surface area contributed by atoms with E-state index in [-0.39, 0.29) is 5.56 Å². The molecule has 6 nitrogen and oxygen atoms in total. The first-order chi connectivity index (χ1) is 15.2. The summed E-state index contributed by atoms with van der Waals surface area (Å²) in [5.74, 6) is 1.41. The van der Waals surface area contributed by atoms with E-state index in [4.69, 9.17) is 9.72 Å². The SMILES string of the molecule is COc1ccc(Cn2c(SCc3cn4ccccc4n3)nc3ccccc3c2=O)cc1. The van der Waals surface area contributed by atoms with Crippen LogP contribution in [0.1, 0.15) is 11.3 Å². The molecule has 0 bridgehead atoms. The minimum atomic E-state index is -0.0427. The Morgan fingerprint density at radius 2 is 1.77 bits per heavy atom. The Morgan fingerprint density at radius 1 is 0.968 bits per heavy atom. The van der Waals surface area contributed by atoms with Crippen LogP contribution in [0.4, 0.5) is 0 Å². The number of thioether (sulfide) groups is 1. The molecular weight excluding hydrogens is 408 g/mol. The summed E-state index contributed by atoms with van der Waals surface area (Å²) in [6.45, 7) is 0.439. The fourth-order valence-corrected chi connectivity index (χ4v) is 4.39. The van der Waals surface area contributed by atoms with E-state index in [0.29, 0.717) is 28.4 Å². The van der Waals surface area contributed by atoms with Crippen LogP contribution in [0.2, 0.25) is 0 Å². The van der Waals surface area contributed by atoms with Gasteiger partial charge in [-0.1, -0.05) is 42.1 Å². The molecule has 5 rings (SSSR count). The van der Waals surface area contributed by atoms with Gasteiger partial charge in [0.15, 0.2) is 5.16 Å². The van der Waals surface area contributed by atoms with Gasteiger partial charge in [0.1, 0.15) is 11.4 Å². The number of fused-ring (bicyclic) bond motifs is 2. The second kappa shape index (κ2) is 8.28. The van der Waals surface area contributed by atoms with Crippen LogP contribution in [-0.2, 0) is 12.3 Å². The number of hydrogen-bond donors (Lipinski definition) is 0. The lowest BCUT2D eigenvalue weighted by molar-refractivity contribution is 0.414.